The minimum Gasteiger partial charge on any atom is -0.409 e. The molecule has 0 aromatic heterocycles. The van der Waals surface area contributed by atoms with Crippen molar-refractivity contribution in [1.29, 1.82) is 0 Å². The molecule has 0 unspecified atom stereocenters. The van der Waals surface area contributed by atoms with Gasteiger partial charge in [0.15, 0.2) is 5.84 Å². The molecule has 1 aromatic rings. The second kappa shape index (κ2) is 7.88. The van der Waals surface area contributed by atoms with Crippen molar-refractivity contribution >= 4 is 17.6 Å². The van der Waals surface area contributed by atoms with Gasteiger partial charge in [-0.2, -0.15) is 0 Å². The number of carbonyl (C=O) groups excluding carboxylic acids is 2. The molecular formula is C14H20N4O3. The first-order valence-corrected chi connectivity index (χ1v) is 6.59. The minimum atomic E-state index is -0.271. The molecule has 0 aliphatic carbocycles. The molecule has 7 nitrogen and oxygen atoms in total. The highest BCUT2D eigenvalue weighted by atomic mass is 16.4. The van der Waals surface area contributed by atoms with E-state index in [1.165, 1.54) is 4.90 Å². The van der Waals surface area contributed by atoms with Gasteiger partial charge in [-0.3, -0.25) is 9.59 Å². The SMILES string of the molecule is CCCNC(=O)CN(C)C(=O)c1ccc(C(N)=NO)cc1. The van der Waals surface area contributed by atoms with Crippen LogP contribution in [0.5, 0.6) is 0 Å². The number of amides is 2. The maximum Gasteiger partial charge on any atom is 0.254 e. The Hall–Kier alpha value is -2.57. The van der Waals surface area contributed by atoms with E-state index in [0.717, 1.165) is 6.42 Å². The van der Waals surface area contributed by atoms with Crippen molar-refractivity contribution in [2.75, 3.05) is 20.1 Å². The zero-order valence-corrected chi connectivity index (χ0v) is 12.2. The molecule has 0 radical (unpaired) electrons. The fourth-order valence-electron chi connectivity index (χ4n) is 1.67. The Morgan fingerprint density at radius 3 is 2.38 bits per heavy atom. The molecule has 0 atom stereocenters. The average molecular weight is 292 g/mol. The Morgan fingerprint density at radius 1 is 1.29 bits per heavy atom. The van der Waals surface area contributed by atoms with Crippen molar-refractivity contribution in [3.8, 4) is 0 Å². The number of benzene rings is 1. The minimum absolute atomic E-state index is 0.000815. The summed E-state index contributed by atoms with van der Waals surface area (Å²) in [6.07, 6.45) is 0.846. The lowest BCUT2D eigenvalue weighted by atomic mass is 10.1. The average Bonchev–Trinajstić information content (AvgIpc) is 2.51. The van der Waals surface area contributed by atoms with Gasteiger partial charge in [-0.05, 0) is 18.6 Å². The van der Waals surface area contributed by atoms with Crippen molar-refractivity contribution in [2.45, 2.75) is 13.3 Å². The summed E-state index contributed by atoms with van der Waals surface area (Å²) in [5.74, 6) is -0.491. The summed E-state index contributed by atoms with van der Waals surface area (Å²) >= 11 is 0. The van der Waals surface area contributed by atoms with Crippen LogP contribution in [0.2, 0.25) is 0 Å². The Labute approximate surface area is 123 Å². The highest BCUT2D eigenvalue weighted by Gasteiger charge is 2.14. The second-order valence-electron chi connectivity index (χ2n) is 4.57. The number of hydrogen-bond donors (Lipinski definition) is 3. The van der Waals surface area contributed by atoms with Crippen LogP contribution in [0.15, 0.2) is 29.4 Å². The number of nitrogens with one attached hydrogen (secondary N) is 1. The molecule has 0 heterocycles. The predicted molar refractivity (Wildman–Crippen MR) is 79.2 cm³/mol. The normalized spacial score (nSPS) is 11.0. The van der Waals surface area contributed by atoms with Crippen LogP contribution in [-0.4, -0.2) is 47.9 Å². The molecule has 21 heavy (non-hydrogen) atoms. The van der Waals surface area contributed by atoms with Crippen LogP contribution in [0, 0.1) is 0 Å². The maximum absolute atomic E-state index is 12.1. The fourth-order valence-corrected chi connectivity index (χ4v) is 1.67. The molecule has 0 aliphatic heterocycles. The summed E-state index contributed by atoms with van der Waals surface area (Å²) in [5.41, 5.74) is 6.38. The smallest absolute Gasteiger partial charge is 0.254 e. The van der Waals surface area contributed by atoms with Gasteiger partial charge < -0.3 is 21.2 Å². The van der Waals surface area contributed by atoms with Crippen molar-refractivity contribution in [1.82, 2.24) is 10.2 Å². The van der Waals surface area contributed by atoms with E-state index in [0.29, 0.717) is 17.7 Å². The molecule has 0 bridgehead atoms. The molecule has 0 aliphatic rings. The Morgan fingerprint density at radius 2 is 1.86 bits per heavy atom. The molecule has 2 amide bonds. The third-order valence-corrected chi connectivity index (χ3v) is 2.83. The summed E-state index contributed by atoms with van der Waals surface area (Å²) in [4.78, 5) is 25.0. The number of rotatable bonds is 6. The lowest BCUT2D eigenvalue weighted by Crippen LogP contribution is -2.38. The lowest BCUT2D eigenvalue weighted by Gasteiger charge is -2.17. The second-order valence-corrected chi connectivity index (χ2v) is 4.57. The van der Waals surface area contributed by atoms with E-state index in [1.54, 1.807) is 31.3 Å². The Kier molecular flexibility index (Phi) is 6.19. The first-order valence-electron chi connectivity index (χ1n) is 6.59. The van der Waals surface area contributed by atoms with Crippen molar-refractivity contribution in [2.24, 2.45) is 10.9 Å². The number of nitrogens with zero attached hydrogens (tertiary/aromatic N) is 2. The van der Waals surface area contributed by atoms with E-state index in [9.17, 15) is 9.59 Å². The van der Waals surface area contributed by atoms with Crippen LogP contribution < -0.4 is 11.1 Å². The third-order valence-electron chi connectivity index (χ3n) is 2.83. The standard InChI is InChI=1S/C14H20N4O3/c1-3-8-16-12(19)9-18(2)14(20)11-6-4-10(5-7-11)13(15)17-21/h4-7,21H,3,8-9H2,1-2H3,(H2,15,17)(H,16,19). The highest BCUT2D eigenvalue weighted by molar-refractivity contribution is 6.00. The van der Waals surface area contributed by atoms with Crippen LogP contribution in [0.25, 0.3) is 0 Å². The number of hydrogen-bond acceptors (Lipinski definition) is 4. The van der Waals surface area contributed by atoms with Gasteiger partial charge in [-0.1, -0.05) is 24.2 Å². The summed E-state index contributed by atoms with van der Waals surface area (Å²) in [6, 6.07) is 6.28. The van der Waals surface area contributed by atoms with Gasteiger partial charge >= 0.3 is 0 Å². The van der Waals surface area contributed by atoms with Crippen molar-refractivity contribution < 1.29 is 14.8 Å². The van der Waals surface area contributed by atoms with Crippen LogP contribution in [-0.2, 0) is 4.79 Å². The molecule has 7 heteroatoms. The van der Waals surface area contributed by atoms with E-state index >= 15 is 0 Å². The summed E-state index contributed by atoms with van der Waals surface area (Å²) < 4.78 is 0. The van der Waals surface area contributed by atoms with Crippen LogP contribution in [0.3, 0.4) is 0 Å². The topological polar surface area (TPSA) is 108 Å². The van der Waals surface area contributed by atoms with Crippen LogP contribution >= 0.6 is 0 Å². The predicted octanol–water partition coefficient (Wildman–Crippen LogP) is 0.379. The number of likely N-dealkylation sites (N-methyl/N-ethyl adjacent to an activating group) is 1. The first-order chi connectivity index (χ1) is 9.99. The number of carbonyl (C=O) groups is 2. The third kappa shape index (κ3) is 4.79. The Balaban J connectivity index is 2.68. The van der Waals surface area contributed by atoms with Crippen molar-refractivity contribution in [3.05, 3.63) is 35.4 Å². The number of oxime groups is 1. The van der Waals surface area contributed by atoms with Crippen LogP contribution in [0.4, 0.5) is 0 Å². The molecule has 0 spiro atoms. The van der Waals surface area contributed by atoms with Gasteiger partial charge in [0, 0.05) is 24.7 Å². The molecule has 0 fully saturated rings. The van der Waals surface area contributed by atoms with E-state index < -0.39 is 0 Å². The highest BCUT2D eigenvalue weighted by Crippen LogP contribution is 2.07. The van der Waals surface area contributed by atoms with Crippen molar-refractivity contribution in [3.63, 3.8) is 0 Å². The van der Waals surface area contributed by atoms with E-state index in [2.05, 4.69) is 10.5 Å². The number of amidine groups is 1. The van der Waals surface area contributed by atoms with Crippen LogP contribution in [0.1, 0.15) is 29.3 Å². The largest absolute Gasteiger partial charge is 0.409 e. The lowest BCUT2D eigenvalue weighted by molar-refractivity contribution is -0.121. The monoisotopic (exact) mass is 292 g/mol. The van der Waals surface area contributed by atoms with E-state index in [4.69, 9.17) is 10.9 Å². The first kappa shape index (κ1) is 16.5. The zero-order valence-electron chi connectivity index (χ0n) is 12.2. The van der Waals surface area contributed by atoms with Gasteiger partial charge in [0.2, 0.25) is 5.91 Å². The summed E-state index contributed by atoms with van der Waals surface area (Å²) in [7, 11) is 1.56. The van der Waals surface area contributed by atoms with Gasteiger partial charge in [0.1, 0.15) is 0 Å². The number of nitrogens with two attached hydrogens (primary N) is 1. The van der Waals surface area contributed by atoms with Gasteiger partial charge in [0.25, 0.3) is 5.91 Å². The molecule has 0 saturated carbocycles. The fraction of sp³-hybridized carbons (Fsp3) is 0.357. The molecule has 1 rings (SSSR count). The Bertz CT molecular complexity index is 526. The molecular weight excluding hydrogens is 272 g/mol. The molecule has 114 valence electrons. The molecule has 0 saturated heterocycles. The molecule has 1 aromatic carbocycles. The maximum atomic E-state index is 12.1. The van der Waals surface area contributed by atoms with Gasteiger partial charge in [0.05, 0.1) is 6.54 Å². The van der Waals surface area contributed by atoms with Gasteiger partial charge in [-0.15, -0.1) is 0 Å². The summed E-state index contributed by atoms with van der Waals surface area (Å²) in [5, 5.41) is 14.2. The van der Waals surface area contributed by atoms with E-state index in [1.807, 2.05) is 6.92 Å². The van der Waals surface area contributed by atoms with E-state index in [-0.39, 0.29) is 24.2 Å². The summed E-state index contributed by atoms with van der Waals surface area (Å²) in [6.45, 7) is 2.55. The van der Waals surface area contributed by atoms with Gasteiger partial charge in [-0.25, -0.2) is 0 Å². The quantitative estimate of drug-likeness (QED) is 0.305. The zero-order chi connectivity index (χ0) is 15.8. The molecule has 4 N–H and O–H groups in total.